The zero-order valence-electron chi connectivity index (χ0n) is 17.9. The van der Waals surface area contributed by atoms with Crippen molar-refractivity contribution in [3.8, 4) is 10.4 Å². The third-order valence-electron chi connectivity index (χ3n) is 5.99. The lowest BCUT2D eigenvalue weighted by Gasteiger charge is -2.26. The lowest BCUT2D eigenvalue weighted by molar-refractivity contribution is 1.16. The van der Waals surface area contributed by atoms with Crippen molar-refractivity contribution in [1.82, 2.24) is 9.97 Å². The summed E-state index contributed by atoms with van der Waals surface area (Å²) in [5, 5.41) is 6.77. The molecule has 6 heteroatoms. The summed E-state index contributed by atoms with van der Waals surface area (Å²) in [6, 6.07) is 30.1. The monoisotopic (exact) mass is 491 g/mol. The van der Waals surface area contributed by atoms with Gasteiger partial charge >= 0.3 is 0 Å². The van der Waals surface area contributed by atoms with Crippen LogP contribution < -0.4 is 4.90 Å². The molecule has 34 heavy (non-hydrogen) atoms. The van der Waals surface area contributed by atoms with Crippen molar-refractivity contribution in [2.24, 2.45) is 0 Å². The van der Waals surface area contributed by atoms with Gasteiger partial charge in [-0.15, -0.1) is 34.0 Å². The summed E-state index contributed by atoms with van der Waals surface area (Å²) < 4.78 is 3.61. The van der Waals surface area contributed by atoms with Crippen LogP contribution in [-0.2, 0) is 0 Å². The summed E-state index contributed by atoms with van der Waals surface area (Å²) >= 11 is 5.28. The van der Waals surface area contributed by atoms with Crippen LogP contribution in [0.5, 0.6) is 0 Å². The summed E-state index contributed by atoms with van der Waals surface area (Å²) in [4.78, 5) is 13.0. The number of thiophene rings is 3. The third kappa shape index (κ3) is 3.15. The maximum Gasteiger partial charge on any atom is 0.159 e. The van der Waals surface area contributed by atoms with Gasteiger partial charge in [0.05, 0.1) is 21.6 Å². The van der Waals surface area contributed by atoms with Gasteiger partial charge in [0, 0.05) is 25.0 Å². The molecule has 0 saturated carbocycles. The second-order valence-electron chi connectivity index (χ2n) is 7.94. The van der Waals surface area contributed by atoms with Crippen molar-refractivity contribution >= 4 is 81.6 Å². The second kappa shape index (κ2) is 8.02. The van der Waals surface area contributed by atoms with Gasteiger partial charge in [0.25, 0.3) is 0 Å². The molecule has 3 aromatic carbocycles. The van der Waals surface area contributed by atoms with Crippen molar-refractivity contribution in [3.05, 3.63) is 102 Å². The van der Waals surface area contributed by atoms with Crippen LogP contribution in [0.3, 0.4) is 0 Å². The minimum absolute atomic E-state index is 0.912. The molecule has 0 aliphatic heterocycles. The first kappa shape index (κ1) is 19.9. The van der Waals surface area contributed by atoms with Crippen LogP contribution in [0.25, 0.3) is 40.8 Å². The number of benzene rings is 3. The molecular formula is C28H17N3S3. The minimum atomic E-state index is 0.912. The maximum absolute atomic E-state index is 4.88. The van der Waals surface area contributed by atoms with Gasteiger partial charge in [-0.25, -0.2) is 9.97 Å². The quantitative estimate of drug-likeness (QED) is 0.246. The molecule has 4 aromatic heterocycles. The van der Waals surface area contributed by atoms with E-state index in [9.17, 15) is 0 Å². The molecule has 0 fully saturated rings. The molecule has 0 bridgehead atoms. The predicted molar refractivity (Wildman–Crippen MR) is 148 cm³/mol. The molecule has 0 aliphatic rings. The molecule has 0 aliphatic carbocycles. The third-order valence-corrected chi connectivity index (χ3v) is 8.92. The highest BCUT2D eigenvalue weighted by atomic mass is 32.1. The Morgan fingerprint density at radius 1 is 0.647 bits per heavy atom. The number of anilines is 3. The average Bonchev–Trinajstić information content (AvgIpc) is 3.64. The largest absolute Gasteiger partial charge is 0.292 e. The molecule has 7 aromatic rings. The molecule has 3 nitrogen and oxygen atoms in total. The Morgan fingerprint density at radius 3 is 2.00 bits per heavy atom. The summed E-state index contributed by atoms with van der Waals surface area (Å²) in [5.74, 6) is 0.912. The predicted octanol–water partition coefficient (Wildman–Crippen LogP) is 9.26. The first-order valence-corrected chi connectivity index (χ1v) is 13.5. The van der Waals surface area contributed by atoms with Crippen LogP contribution in [-0.4, -0.2) is 9.97 Å². The Hall–Kier alpha value is -3.58. The molecule has 0 radical (unpaired) electrons. The zero-order chi connectivity index (χ0) is 22.5. The Labute approximate surface area is 208 Å². The van der Waals surface area contributed by atoms with Crippen molar-refractivity contribution in [2.45, 2.75) is 0 Å². The number of nitrogens with zero attached hydrogens (tertiary/aromatic N) is 3. The van der Waals surface area contributed by atoms with Gasteiger partial charge in [-0.1, -0.05) is 42.5 Å². The molecular weight excluding hydrogens is 475 g/mol. The number of rotatable bonds is 4. The lowest BCUT2D eigenvalue weighted by atomic mass is 10.1. The minimum Gasteiger partial charge on any atom is -0.292 e. The number of fused-ring (bicyclic) bond motifs is 3. The Kier molecular flexibility index (Phi) is 4.68. The van der Waals surface area contributed by atoms with Crippen LogP contribution in [0.1, 0.15) is 0 Å². The van der Waals surface area contributed by atoms with E-state index in [1.54, 1.807) is 40.3 Å². The first-order valence-electron chi connectivity index (χ1n) is 10.9. The molecule has 0 unspecified atom stereocenters. The van der Waals surface area contributed by atoms with Gasteiger partial charge in [-0.05, 0) is 58.8 Å². The van der Waals surface area contributed by atoms with Gasteiger partial charge in [-0.3, -0.25) is 4.90 Å². The lowest BCUT2D eigenvalue weighted by Crippen LogP contribution is -2.12. The van der Waals surface area contributed by atoms with Crippen molar-refractivity contribution in [1.29, 1.82) is 0 Å². The van der Waals surface area contributed by atoms with Crippen LogP contribution in [0.2, 0.25) is 0 Å². The zero-order valence-corrected chi connectivity index (χ0v) is 20.3. The van der Waals surface area contributed by atoms with E-state index in [4.69, 9.17) is 4.98 Å². The van der Waals surface area contributed by atoms with Crippen LogP contribution in [0.15, 0.2) is 102 Å². The number of hydrogen-bond acceptors (Lipinski definition) is 6. The van der Waals surface area contributed by atoms with E-state index in [2.05, 4.69) is 99.5 Å². The van der Waals surface area contributed by atoms with Gasteiger partial charge in [0.15, 0.2) is 5.82 Å². The van der Waals surface area contributed by atoms with E-state index in [0.29, 0.717) is 0 Å². The van der Waals surface area contributed by atoms with Crippen LogP contribution in [0.4, 0.5) is 17.2 Å². The fourth-order valence-corrected chi connectivity index (χ4v) is 7.16. The summed E-state index contributed by atoms with van der Waals surface area (Å²) in [5.41, 5.74) is 4.43. The summed E-state index contributed by atoms with van der Waals surface area (Å²) in [6.07, 6.45) is 1.69. The molecule has 0 spiro atoms. The SMILES string of the molecule is c1ccc(-c2cc3ncnc(N(c4cccc5sccc45)c4cccc5sccc45)c3s2)cc1. The first-order chi connectivity index (χ1) is 16.9. The molecule has 0 atom stereocenters. The number of aromatic nitrogens is 2. The van der Waals surface area contributed by atoms with Gasteiger partial charge < -0.3 is 0 Å². The number of hydrogen-bond donors (Lipinski definition) is 0. The highest BCUT2D eigenvalue weighted by molar-refractivity contribution is 7.22. The molecule has 0 N–H and O–H groups in total. The highest BCUT2D eigenvalue weighted by Crippen LogP contribution is 2.46. The van der Waals surface area contributed by atoms with E-state index in [1.807, 2.05) is 6.07 Å². The van der Waals surface area contributed by atoms with Crippen LogP contribution >= 0.6 is 34.0 Å². The van der Waals surface area contributed by atoms with E-state index >= 15 is 0 Å². The van der Waals surface area contributed by atoms with Gasteiger partial charge in [-0.2, -0.15) is 0 Å². The maximum atomic E-state index is 4.88. The van der Waals surface area contributed by atoms with Crippen molar-refractivity contribution in [3.63, 3.8) is 0 Å². The summed E-state index contributed by atoms with van der Waals surface area (Å²) in [7, 11) is 0. The normalized spacial score (nSPS) is 11.5. The van der Waals surface area contributed by atoms with Crippen LogP contribution in [0, 0.1) is 0 Å². The summed E-state index contributed by atoms with van der Waals surface area (Å²) in [6.45, 7) is 0. The molecule has 0 amide bonds. The molecule has 162 valence electrons. The molecule has 0 saturated heterocycles. The van der Waals surface area contributed by atoms with E-state index in [0.717, 1.165) is 27.4 Å². The fourth-order valence-electron chi connectivity index (χ4n) is 4.45. The Morgan fingerprint density at radius 2 is 1.32 bits per heavy atom. The molecule has 4 heterocycles. The topological polar surface area (TPSA) is 29.0 Å². The second-order valence-corrected chi connectivity index (χ2v) is 10.9. The fraction of sp³-hybridized carbons (Fsp3) is 0. The highest BCUT2D eigenvalue weighted by Gasteiger charge is 2.23. The van der Waals surface area contributed by atoms with Gasteiger partial charge in [0.2, 0.25) is 0 Å². The molecule has 7 rings (SSSR count). The average molecular weight is 492 g/mol. The Balaban J connectivity index is 1.54. The van der Waals surface area contributed by atoms with Crippen molar-refractivity contribution < 1.29 is 0 Å². The van der Waals surface area contributed by atoms with Gasteiger partial charge in [0.1, 0.15) is 6.33 Å². The van der Waals surface area contributed by atoms with E-state index in [1.165, 1.54) is 30.6 Å². The van der Waals surface area contributed by atoms with E-state index < -0.39 is 0 Å². The van der Waals surface area contributed by atoms with E-state index in [-0.39, 0.29) is 0 Å². The smallest absolute Gasteiger partial charge is 0.159 e. The van der Waals surface area contributed by atoms with Crippen molar-refractivity contribution in [2.75, 3.05) is 4.90 Å². The Bertz CT molecular complexity index is 1700. The standard InChI is InChI=1S/C28H17N3S3/c1-2-6-18(7-3-1)26-16-21-27(34-26)28(30-17-29-21)31(22-8-4-10-24-19(22)12-14-32-24)23-9-5-11-25-20(23)13-15-33-25/h1-17H.